The van der Waals surface area contributed by atoms with Gasteiger partial charge in [-0.2, -0.15) is 0 Å². The summed E-state index contributed by atoms with van der Waals surface area (Å²) in [7, 11) is 0. The lowest BCUT2D eigenvalue weighted by atomic mass is 9.79. The Bertz CT molecular complexity index is 842. The number of hydrogen-bond acceptors (Lipinski definition) is 2. The van der Waals surface area contributed by atoms with Crippen LogP contribution in [0.15, 0.2) is 18.2 Å². The molecule has 2 nitrogen and oxygen atoms in total. The highest BCUT2D eigenvalue weighted by molar-refractivity contribution is 5.83. The second kappa shape index (κ2) is 8.59. The molecule has 0 bridgehead atoms. The average molecular weight is 381 g/mol. The van der Waals surface area contributed by atoms with Gasteiger partial charge in [-0.3, -0.25) is 0 Å². The van der Waals surface area contributed by atoms with Crippen LogP contribution in [-0.2, 0) is 12.8 Å². The van der Waals surface area contributed by atoms with E-state index in [1.807, 2.05) is 13.0 Å². The summed E-state index contributed by atoms with van der Waals surface area (Å²) < 4.78 is 0. The highest BCUT2D eigenvalue weighted by Gasteiger charge is 2.25. The smallest absolute Gasteiger partial charge is 0.127 e. The molecule has 0 atom stereocenters. The number of phenols is 2. The minimum atomic E-state index is 0.245. The fourth-order valence-corrected chi connectivity index (χ4v) is 5.03. The molecule has 2 N–H and O–H groups in total. The van der Waals surface area contributed by atoms with E-state index in [2.05, 4.69) is 39.8 Å². The van der Waals surface area contributed by atoms with Crippen LogP contribution in [0.1, 0.15) is 86.6 Å². The van der Waals surface area contributed by atoms with E-state index in [-0.39, 0.29) is 5.92 Å². The number of hydrogen-bond donors (Lipinski definition) is 2. The summed E-state index contributed by atoms with van der Waals surface area (Å²) in [6.45, 7) is 10.4. The first-order valence-electron chi connectivity index (χ1n) is 11.0. The van der Waals surface area contributed by atoms with Gasteiger partial charge in [0.2, 0.25) is 0 Å². The maximum Gasteiger partial charge on any atom is 0.127 e. The molecule has 3 rings (SSSR count). The molecule has 0 amide bonds. The Balaban J connectivity index is 2.17. The third-order valence-electron chi connectivity index (χ3n) is 6.53. The second-order valence-electron chi connectivity index (χ2n) is 8.97. The topological polar surface area (TPSA) is 40.5 Å². The van der Waals surface area contributed by atoms with Crippen molar-refractivity contribution in [2.45, 2.75) is 85.5 Å². The molecule has 0 aromatic heterocycles. The van der Waals surface area contributed by atoms with Gasteiger partial charge in [-0.05, 0) is 60.8 Å². The van der Waals surface area contributed by atoms with E-state index >= 15 is 0 Å². The van der Waals surface area contributed by atoms with Gasteiger partial charge in [0.1, 0.15) is 11.5 Å². The molecule has 0 saturated heterocycles. The van der Waals surface area contributed by atoms with Gasteiger partial charge in [0.05, 0.1) is 0 Å². The van der Waals surface area contributed by atoms with Gasteiger partial charge in [0.25, 0.3) is 0 Å². The lowest BCUT2D eigenvalue weighted by Gasteiger charge is -2.26. The zero-order chi connectivity index (χ0) is 20.4. The Labute approximate surface area is 170 Å². The van der Waals surface area contributed by atoms with Crippen molar-refractivity contribution in [2.24, 2.45) is 5.92 Å². The van der Waals surface area contributed by atoms with Crippen molar-refractivity contribution in [1.82, 2.24) is 0 Å². The maximum absolute atomic E-state index is 11.4. The van der Waals surface area contributed by atoms with Crippen molar-refractivity contribution >= 4 is 0 Å². The SMILES string of the molecule is CCc1ccc(C)c(O)c1-c1c(C)cc(CC2CCCCC2)c(C(C)C)c1O. The highest BCUT2D eigenvalue weighted by atomic mass is 16.3. The van der Waals surface area contributed by atoms with E-state index in [0.717, 1.165) is 52.1 Å². The Kier molecular flexibility index (Phi) is 6.37. The fraction of sp³-hybridized carbons (Fsp3) is 0.538. The second-order valence-corrected chi connectivity index (χ2v) is 8.97. The van der Waals surface area contributed by atoms with Gasteiger partial charge in [0, 0.05) is 16.7 Å². The number of rotatable bonds is 5. The lowest BCUT2D eigenvalue weighted by molar-refractivity contribution is 0.355. The predicted molar refractivity (Wildman–Crippen MR) is 118 cm³/mol. The van der Waals surface area contributed by atoms with E-state index in [9.17, 15) is 10.2 Å². The summed E-state index contributed by atoms with van der Waals surface area (Å²) in [5.41, 5.74) is 6.97. The fourth-order valence-electron chi connectivity index (χ4n) is 5.03. The molecule has 152 valence electrons. The molecule has 0 aliphatic heterocycles. The molecule has 1 fully saturated rings. The average Bonchev–Trinajstić information content (AvgIpc) is 2.65. The van der Waals surface area contributed by atoms with Gasteiger partial charge in [-0.25, -0.2) is 0 Å². The summed E-state index contributed by atoms with van der Waals surface area (Å²) in [5, 5.41) is 22.3. The first-order valence-corrected chi connectivity index (χ1v) is 11.0. The predicted octanol–water partition coefficient (Wildman–Crippen LogP) is 7.19. The molecular weight excluding hydrogens is 344 g/mol. The molecule has 28 heavy (non-hydrogen) atoms. The van der Waals surface area contributed by atoms with E-state index in [4.69, 9.17) is 0 Å². The van der Waals surface area contributed by atoms with Crippen LogP contribution in [0.4, 0.5) is 0 Å². The van der Waals surface area contributed by atoms with Crippen molar-refractivity contribution in [3.63, 3.8) is 0 Å². The number of aromatic hydroxyl groups is 2. The monoisotopic (exact) mass is 380 g/mol. The van der Waals surface area contributed by atoms with Crippen LogP contribution in [0.25, 0.3) is 11.1 Å². The van der Waals surface area contributed by atoms with Crippen LogP contribution in [0.5, 0.6) is 11.5 Å². The van der Waals surface area contributed by atoms with Crippen LogP contribution >= 0.6 is 0 Å². The van der Waals surface area contributed by atoms with Crippen LogP contribution in [0.3, 0.4) is 0 Å². The van der Waals surface area contributed by atoms with Gasteiger partial charge in [0.15, 0.2) is 0 Å². The molecular formula is C26H36O2. The molecule has 0 spiro atoms. The minimum Gasteiger partial charge on any atom is -0.507 e. The molecule has 0 unspecified atom stereocenters. The normalized spacial score (nSPS) is 15.4. The van der Waals surface area contributed by atoms with E-state index in [1.54, 1.807) is 0 Å². The van der Waals surface area contributed by atoms with E-state index in [1.165, 1.54) is 37.7 Å². The summed E-state index contributed by atoms with van der Waals surface area (Å²) in [5.74, 6) is 1.65. The zero-order valence-corrected chi connectivity index (χ0v) is 18.2. The molecule has 2 aromatic rings. The third-order valence-corrected chi connectivity index (χ3v) is 6.53. The maximum atomic E-state index is 11.4. The molecule has 1 aliphatic carbocycles. The Morgan fingerprint density at radius 2 is 1.57 bits per heavy atom. The first kappa shape index (κ1) is 20.8. The summed E-state index contributed by atoms with van der Waals surface area (Å²) in [4.78, 5) is 0. The molecule has 0 radical (unpaired) electrons. The summed E-state index contributed by atoms with van der Waals surface area (Å²) in [6, 6.07) is 6.32. The number of aryl methyl sites for hydroxylation is 3. The molecule has 1 aliphatic rings. The van der Waals surface area contributed by atoms with Crippen molar-refractivity contribution in [3.05, 3.63) is 46.0 Å². The Morgan fingerprint density at radius 1 is 0.893 bits per heavy atom. The van der Waals surface area contributed by atoms with Crippen LogP contribution in [0, 0.1) is 19.8 Å². The zero-order valence-electron chi connectivity index (χ0n) is 18.2. The van der Waals surface area contributed by atoms with Crippen molar-refractivity contribution in [3.8, 4) is 22.6 Å². The van der Waals surface area contributed by atoms with Crippen LogP contribution < -0.4 is 0 Å². The van der Waals surface area contributed by atoms with E-state index in [0.29, 0.717) is 11.5 Å². The number of phenolic OH excluding ortho intramolecular Hbond substituents is 2. The third kappa shape index (κ3) is 3.92. The minimum absolute atomic E-state index is 0.245. The van der Waals surface area contributed by atoms with Gasteiger partial charge >= 0.3 is 0 Å². The highest BCUT2D eigenvalue weighted by Crippen LogP contribution is 2.47. The van der Waals surface area contributed by atoms with Crippen molar-refractivity contribution in [1.29, 1.82) is 0 Å². The summed E-state index contributed by atoms with van der Waals surface area (Å²) in [6.07, 6.45) is 8.52. The van der Waals surface area contributed by atoms with Crippen LogP contribution in [-0.4, -0.2) is 10.2 Å². The molecule has 1 saturated carbocycles. The first-order chi connectivity index (χ1) is 13.3. The van der Waals surface area contributed by atoms with Crippen molar-refractivity contribution in [2.75, 3.05) is 0 Å². The number of benzene rings is 2. The van der Waals surface area contributed by atoms with Crippen molar-refractivity contribution < 1.29 is 10.2 Å². The quantitative estimate of drug-likeness (QED) is 0.576. The Hall–Kier alpha value is -1.96. The molecule has 0 heterocycles. The standard InChI is InChI=1S/C26H36O2/c1-6-20-13-12-17(4)25(27)24(20)23-18(5)14-21(22(16(2)3)26(23)28)15-19-10-8-7-9-11-19/h12-14,16,19,27-28H,6-11,15H2,1-5H3. The van der Waals surface area contributed by atoms with Gasteiger partial charge < -0.3 is 10.2 Å². The largest absolute Gasteiger partial charge is 0.507 e. The lowest BCUT2D eigenvalue weighted by Crippen LogP contribution is -2.12. The van der Waals surface area contributed by atoms with Gasteiger partial charge in [-0.15, -0.1) is 0 Å². The van der Waals surface area contributed by atoms with Crippen LogP contribution in [0.2, 0.25) is 0 Å². The molecule has 2 heteroatoms. The summed E-state index contributed by atoms with van der Waals surface area (Å²) >= 11 is 0. The van der Waals surface area contributed by atoms with Gasteiger partial charge in [-0.1, -0.05) is 71.1 Å². The van der Waals surface area contributed by atoms with E-state index < -0.39 is 0 Å². The molecule has 2 aromatic carbocycles. The Morgan fingerprint density at radius 3 is 2.18 bits per heavy atom.